The van der Waals surface area contributed by atoms with E-state index in [1.807, 2.05) is 18.2 Å². The minimum absolute atomic E-state index is 0.0199. The fourth-order valence-corrected chi connectivity index (χ4v) is 5.45. The van der Waals surface area contributed by atoms with Gasteiger partial charge >= 0.3 is 10.4 Å². The first-order valence-electron chi connectivity index (χ1n) is 14.0. The van der Waals surface area contributed by atoms with E-state index < -0.39 is 33.4 Å². The normalized spacial score (nSPS) is 17.8. The molecular weight excluding hydrogens is 630 g/mol. The highest BCUT2D eigenvalue weighted by atomic mass is 32.3. The Morgan fingerprint density at radius 1 is 1.33 bits per heavy atom. The van der Waals surface area contributed by atoms with Gasteiger partial charge in [-0.25, -0.2) is 0 Å². The number of hydroxylamine groups is 2. The van der Waals surface area contributed by atoms with Crippen LogP contribution in [0.15, 0.2) is 39.5 Å². The average Bonchev–Trinajstić information content (AvgIpc) is 3.40. The van der Waals surface area contributed by atoms with Crippen molar-refractivity contribution in [2.45, 2.75) is 57.2 Å². The van der Waals surface area contributed by atoms with Gasteiger partial charge in [-0.1, -0.05) is 23.0 Å². The summed E-state index contributed by atoms with van der Waals surface area (Å²) in [7, 11) is -4.99. The van der Waals surface area contributed by atoms with Crippen LogP contribution in [-0.4, -0.2) is 96.8 Å². The smallest absolute Gasteiger partial charge is 0.418 e. The summed E-state index contributed by atoms with van der Waals surface area (Å²) in [5.41, 5.74) is 17.3. The van der Waals surface area contributed by atoms with E-state index in [1.54, 1.807) is 5.41 Å². The van der Waals surface area contributed by atoms with Crippen LogP contribution in [0.4, 0.5) is 0 Å². The van der Waals surface area contributed by atoms with Gasteiger partial charge < -0.3 is 37.4 Å². The summed E-state index contributed by atoms with van der Waals surface area (Å²) in [5, 5.41) is 11.5. The fourth-order valence-electron chi connectivity index (χ4n) is 4.36. The zero-order valence-corrected chi connectivity index (χ0v) is 27.0. The Kier molecular flexibility index (Phi) is 12.8. The highest BCUT2D eigenvalue weighted by molar-refractivity contribution is 8.02. The Balaban J connectivity index is 1.56. The van der Waals surface area contributed by atoms with E-state index in [1.165, 1.54) is 43.7 Å². The zero-order chi connectivity index (χ0) is 33.2. The number of hydrogen-bond acceptors (Lipinski definition) is 13. The van der Waals surface area contributed by atoms with Crippen molar-refractivity contribution in [3.63, 3.8) is 0 Å². The van der Waals surface area contributed by atoms with Crippen molar-refractivity contribution >= 4 is 46.1 Å². The van der Waals surface area contributed by atoms with Crippen molar-refractivity contribution in [3.05, 3.63) is 40.4 Å². The molecule has 0 radical (unpaired) electrons. The number of oxime groups is 1. The van der Waals surface area contributed by atoms with Gasteiger partial charge in [0.25, 0.3) is 5.91 Å². The van der Waals surface area contributed by atoms with Crippen molar-refractivity contribution in [1.82, 2.24) is 20.6 Å². The maximum Gasteiger partial charge on any atom is 0.418 e. The molecule has 0 aliphatic carbocycles. The number of aliphatic imine (C=N–C) groups is 1. The molecule has 9 N–H and O–H groups in total. The topological polar surface area (TPSA) is 250 Å². The van der Waals surface area contributed by atoms with Gasteiger partial charge in [-0.15, -0.1) is 4.28 Å². The van der Waals surface area contributed by atoms with E-state index in [-0.39, 0.29) is 31.3 Å². The highest BCUT2D eigenvalue weighted by Crippen LogP contribution is 2.24. The number of benzene rings is 1. The van der Waals surface area contributed by atoms with E-state index in [9.17, 15) is 18.0 Å². The predicted octanol–water partition coefficient (Wildman–Crippen LogP) is -0.644. The second-order valence-corrected chi connectivity index (χ2v) is 12.8. The van der Waals surface area contributed by atoms with Gasteiger partial charge in [-0.05, 0) is 56.9 Å². The van der Waals surface area contributed by atoms with Gasteiger partial charge in [-0.2, -0.15) is 13.5 Å². The van der Waals surface area contributed by atoms with Crippen LogP contribution >= 0.6 is 11.8 Å². The average molecular weight is 672 g/mol. The number of nitrogens with two attached hydrogens (primary N) is 3. The molecule has 2 aliphatic heterocycles. The van der Waals surface area contributed by atoms with E-state index in [0.717, 1.165) is 32.5 Å². The zero-order valence-electron chi connectivity index (χ0n) is 25.3. The molecule has 0 saturated carbocycles. The molecule has 17 nitrogen and oxygen atoms in total. The third-order valence-electron chi connectivity index (χ3n) is 7.14. The number of nitrogens with zero attached hydrogens (tertiary/aromatic N) is 4. The SMILES string of the molecule is CC(NC(=O)/C(=N\OCCOc1ccc2c(c1)CCN(CCCN=C(N)N)C2)C1=CSC(N)N1)C(C)(C)N(C=O)OS(=O)(=O)O. The van der Waals surface area contributed by atoms with Crippen molar-refractivity contribution < 1.29 is 36.4 Å². The van der Waals surface area contributed by atoms with E-state index >= 15 is 0 Å². The van der Waals surface area contributed by atoms with Crippen LogP contribution < -0.4 is 32.6 Å². The molecular formula is C26H41N9O8S2. The number of carbonyl (C=O) groups is 2. The molecule has 2 amide bonds. The molecule has 2 heterocycles. The van der Waals surface area contributed by atoms with Gasteiger partial charge in [-0.3, -0.25) is 24.0 Å². The van der Waals surface area contributed by atoms with Crippen molar-refractivity contribution in [2.75, 3.05) is 32.8 Å². The molecule has 2 atom stereocenters. The third-order valence-corrected chi connectivity index (χ3v) is 8.27. The Labute approximate surface area is 266 Å². The number of amides is 2. The van der Waals surface area contributed by atoms with Crippen molar-refractivity contribution in [3.8, 4) is 5.75 Å². The number of guanidine groups is 1. The standard InChI is InChI=1S/C26H41N9O8S2/c1-17(26(2,3)35(16-36)43-45(38,39)40)31-23(37)22(21-15-44-25(29)32-21)33-42-12-11-41-20-6-5-19-14-34(10-7-18(19)13-20)9-4-8-30-24(27)28/h5-6,13,15-17,25,32H,4,7-12,14,29H2,1-3H3,(H,31,37)(H4,27,28,30)(H,38,39,40)/b33-22-. The fraction of sp³-hybridized carbons (Fsp3) is 0.538. The summed E-state index contributed by atoms with van der Waals surface area (Å²) in [5.74, 6) is 0.0852. The molecule has 19 heteroatoms. The summed E-state index contributed by atoms with van der Waals surface area (Å²) in [4.78, 5) is 36.5. The van der Waals surface area contributed by atoms with Crippen molar-refractivity contribution in [1.29, 1.82) is 0 Å². The maximum absolute atomic E-state index is 13.2. The minimum Gasteiger partial charge on any atom is -0.490 e. The first-order chi connectivity index (χ1) is 21.2. The second-order valence-electron chi connectivity index (χ2n) is 10.8. The number of rotatable bonds is 17. The maximum atomic E-state index is 13.2. The number of fused-ring (bicyclic) bond motifs is 1. The van der Waals surface area contributed by atoms with Crippen LogP contribution in [0.2, 0.25) is 0 Å². The number of carbonyl (C=O) groups excluding carboxylic acids is 2. The molecule has 0 fully saturated rings. The Morgan fingerprint density at radius 3 is 2.73 bits per heavy atom. The highest BCUT2D eigenvalue weighted by Gasteiger charge is 2.38. The molecule has 1 aromatic carbocycles. The van der Waals surface area contributed by atoms with Crippen LogP contribution in [-0.2, 0) is 42.1 Å². The minimum atomic E-state index is -4.99. The Morgan fingerprint density at radius 2 is 2.09 bits per heavy atom. The number of hydrogen-bond donors (Lipinski definition) is 6. The molecule has 45 heavy (non-hydrogen) atoms. The van der Waals surface area contributed by atoms with E-state index in [4.69, 9.17) is 31.3 Å². The first kappa shape index (κ1) is 35.9. The molecule has 3 rings (SSSR count). The van der Waals surface area contributed by atoms with Crippen LogP contribution in [0.3, 0.4) is 0 Å². The van der Waals surface area contributed by atoms with E-state index in [0.29, 0.717) is 23.1 Å². The lowest BCUT2D eigenvalue weighted by Crippen LogP contribution is -2.58. The summed E-state index contributed by atoms with van der Waals surface area (Å²) in [6.07, 6.45) is 1.83. The summed E-state index contributed by atoms with van der Waals surface area (Å²) >= 11 is 1.23. The first-order valence-corrected chi connectivity index (χ1v) is 16.3. The quantitative estimate of drug-likeness (QED) is 0.0301. The largest absolute Gasteiger partial charge is 0.490 e. The lowest BCUT2D eigenvalue weighted by molar-refractivity contribution is -0.166. The van der Waals surface area contributed by atoms with Crippen LogP contribution in [0.1, 0.15) is 38.3 Å². The monoisotopic (exact) mass is 671 g/mol. The van der Waals surface area contributed by atoms with Gasteiger partial charge in [0.2, 0.25) is 6.41 Å². The van der Waals surface area contributed by atoms with Gasteiger partial charge in [0.15, 0.2) is 18.3 Å². The van der Waals surface area contributed by atoms with Gasteiger partial charge in [0, 0.05) is 31.6 Å². The van der Waals surface area contributed by atoms with E-state index in [2.05, 4.69) is 30.0 Å². The predicted molar refractivity (Wildman–Crippen MR) is 169 cm³/mol. The lowest BCUT2D eigenvalue weighted by atomic mass is 9.95. The second kappa shape index (κ2) is 16.1. The number of thioether (sulfide) groups is 1. The van der Waals surface area contributed by atoms with Gasteiger partial charge in [0.1, 0.15) is 17.9 Å². The molecule has 250 valence electrons. The third kappa shape index (κ3) is 11.0. The number of ether oxygens (including phenoxy) is 1. The molecule has 0 spiro atoms. The van der Waals surface area contributed by atoms with Crippen LogP contribution in [0.25, 0.3) is 0 Å². The van der Waals surface area contributed by atoms with Crippen LogP contribution in [0.5, 0.6) is 5.75 Å². The lowest BCUT2D eigenvalue weighted by Gasteiger charge is -2.37. The molecule has 0 bridgehead atoms. The Bertz CT molecular complexity index is 1400. The summed E-state index contributed by atoms with van der Waals surface area (Å²) in [6.45, 7) is 7.79. The van der Waals surface area contributed by atoms with Crippen molar-refractivity contribution in [2.24, 2.45) is 27.3 Å². The Hall–Kier alpha value is -3.62. The molecule has 1 aromatic rings. The molecule has 0 saturated heterocycles. The van der Waals surface area contributed by atoms with Gasteiger partial charge in [0.05, 0.1) is 17.3 Å². The van der Waals surface area contributed by atoms with Crippen LogP contribution in [0, 0.1) is 0 Å². The molecule has 2 aliphatic rings. The summed E-state index contributed by atoms with van der Waals surface area (Å²) in [6, 6.07) is 5.06. The number of nitrogens with one attached hydrogen (secondary N) is 2. The molecule has 0 aromatic heterocycles. The summed E-state index contributed by atoms with van der Waals surface area (Å²) < 4.78 is 41.5. The molecule has 2 unspecified atom stereocenters.